The number of benzene rings is 1. The van der Waals surface area contributed by atoms with Gasteiger partial charge in [0.05, 0.1) is 25.2 Å². The van der Waals surface area contributed by atoms with Gasteiger partial charge in [-0.2, -0.15) is 5.10 Å². The second-order valence-electron chi connectivity index (χ2n) is 4.95. The molecule has 0 fully saturated rings. The van der Waals surface area contributed by atoms with Gasteiger partial charge in [-0.05, 0) is 24.3 Å². The number of hydrogen-bond acceptors (Lipinski definition) is 3. The number of methoxy groups -OCH3 is 1. The van der Waals surface area contributed by atoms with Crippen LogP contribution in [-0.2, 0) is 24.9 Å². The SMILES string of the molecule is C=CC(=O)N(Cc1cc(Cl)ccc1OC)Cc1nn(C)cc1Cl. The molecule has 0 unspecified atom stereocenters. The molecule has 0 saturated carbocycles. The number of hydrogen-bond donors (Lipinski definition) is 0. The predicted octanol–water partition coefficient (Wildman–Crippen LogP) is 3.45. The summed E-state index contributed by atoms with van der Waals surface area (Å²) >= 11 is 12.2. The van der Waals surface area contributed by atoms with Crippen LogP contribution in [0.2, 0.25) is 10.0 Å². The fourth-order valence-corrected chi connectivity index (χ4v) is 2.64. The van der Waals surface area contributed by atoms with Crippen LogP contribution < -0.4 is 4.74 Å². The maximum atomic E-state index is 12.2. The number of ether oxygens (including phenoxy) is 1. The fraction of sp³-hybridized carbons (Fsp3) is 0.250. The molecule has 7 heteroatoms. The third-order valence-corrected chi connectivity index (χ3v) is 3.84. The van der Waals surface area contributed by atoms with Gasteiger partial charge in [-0.3, -0.25) is 9.48 Å². The Morgan fingerprint density at radius 3 is 2.74 bits per heavy atom. The van der Waals surface area contributed by atoms with Gasteiger partial charge >= 0.3 is 0 Å². The maximum absolute atomic E-state index is 12.2. The standard InChI is InChI=1S/C16H17Cl2N3O2/c1-4-16(22)21(10-14-13(18)9-20(2)19-14)8-11-7-12(17)5-6-15(11)23-3/h4-7,9H,1,8,10H2,2-3H3. The highest BCUT2D eigenvalue weighted by atomic mass is 35.5. The van der Waals surface area contributed by atoms with Crippen LogP contribution in [0.25, 0.3) is 0 Å². The van der Waals surface area contributed by atoms with Gasteiger partial charge in [0.2, 0.25) is 5.91 Å². The molecular formula is C16H17Cl2N3O2. The topological polar surface area (TPSA) is 47.4 Å². The van der Waals surface area contributed by atoms with E-state index in [2.05, 4.69) is 11.7 Å². The van der Waals surface area contributed by atoms with E-state index in [9.17, 15) is 4.79 Å². The van der Waals surface area contributed by atoms with Crippen LogP contribution in [0.1, 0.15) is 11.3 Å². The zero-order chi connectivity index (χ0) is 17.0. The van der Waals surface area contributed by atoms with Crippen LogP contribution in [-0.4, -0.2) is 27.7 Å². The largest absolute Gasteiger partial charge is 0.496 e. The zero-order valence-corrected chi connectivity index (χ0v) is 14.4. The van der Waals surface area contributed by atoms with Crippen molar-refractivity contribution in [2.75, 3.05) is 7.11 Å². The number of nitrogens with zero attached hydrogens (tertiary/aromatic N) is 3. The minimum atomic E-state index is -0.228. The number of amides is 1. The summed E-state index contributed by atoms with van der Waals surface area (Å²) < 4.78 is 6.93. The molecule has 0 saturated heterocycles. The molecule has 5 nitrogen and oxygen atoms in total. The van der Waals surface area contributed by atoms with Gasteiger partial charge in [-0.1, -0.05) is 29.8 Å². The molecule has 2 aromatic rings. The van der Waals surface area contributed by atoms with Crippen LogP contribution in [0.4, 0.5) is 0 Å². The molecule has 0 aliphatic heterocycles. The van der Waals surface area contributed by atoms with E-state index in [-0.39, 0.29) is 12.5 Å². The number of aryl methyl sites for hydroxylation is 1. The Morgan fingerprint density at radius 1 is 1.43 bits per heavy atom. The molecule has 23 heavy (non-hydrogen) atoms. The van der Waals surface area contributed by atoms with Crippen molar-refractivity contribution in [2.24, 2.45) is 7.05 Å². The molecule has 0 bridgehead atoms. The van der Waals surface area contributed by atoms with Crippen molar-refractivity contribution >= 4 is 29.1 Å². The van der Waals surface area contributed by atoms with Gasteiger partial charge in [-0.25, -0.2) is 0 Å². The first-order chi connectivity index (χ1) is 10.9. The average Bonchev–Trinajstić information content (AvgIpc) is 2.83. The first-order valence-electron chi connectivity index (χ1n) is 6.86. The lowest BCUT2D eigenvalue weighted by Gasteiger charge is -2.22. The zero-order valence-electron chi connectivity index (χ0n) is 12.9. The van der Waals surface area contributed by atoms with Gasteiger partial charge < -0.3 is 9.64 Å². The molecule has 0 atom stereocenters. The van der Waals surface area contributed by atoms with Gasteiger partial charge in [0, 0.05) is 23.8 Å². The Morgan fingerprint density at radius 2 is 2.17 bits per heavy atom. The van der Waals surface area contributed by atoms with Crippen molar-refractivity contribution in [3.63, 3.8) is 0 Å². The van der Waals surface area contributed by atoms with E-state index in [4.69, 9.17) is 27.9 Å². The molecule has 122 valence electrons. The second-order valence-corrected chi connectivity index (χ2v) is 5.80. The summed E-state index contributed by atoms with van der Waals surface area (Å²) in [6, 6.07) is 5.27. The van der Waals surface area contributed by atoms with Crippen molar-refractivity contribution < 1.29 is 9.53 Å². The van der Waals surface area contributed by atoms with E-state index >= 15 is 0 Å². The van der Waals surface area contributed by atoms with Crippen LogP contribution in [0.5, 0.6) is 5.75 Å². The third-order valence-electron chi connectivity index (χ3n) is 3.28. The summed E-state index contributed by atoms with van der Waals surface area (Å²) in [5.74, 6) is 0.428. The summed E-state index contributed by atoms with van der Waals surface area (Å²) in [6.07, 6.45) is 2.95. The van der Waals surface area contributed by atoms with Crippen molar-refractivity contribution in [2.45, 2.75) is 13.1 Å². The minimum absolute atomic E-state index is 0.228. The summed E-state index contributed by atoms with van der Waals surface area (Å²) in [6.45, 7) is 4.12. The Labute approximate surface area is 145 Å². The number of aromatic nitrogens is 2. The molecular weight excluding hydrogens is 337 g/mol. The summed E-state index contributed by atoms with van der Waals surface area (Å²) in [4.78, 5) is 13.8. The lowest BCUT2D eigenvalue weighted by atomic mass is 10.1. The van der Waals surface area contributed by atoms with E-state index in [1.165, 1.54) is 6.08 Å². The molecule has 0 spiro atoms. The molecule has 1 aromatic carbocycles. The van der Waals surface area contributed by atoms with E-state index in [1.807, 2.05) is 0 Å². The highest BCUT2D eigenvalue weighted by Gasteiger charge is 2.18. The van der Waals surface area contributed by atoms with E-state index in [0.29, 0.717) is 28.0 Å². The van der Waals surface area contributed by atoms with E-state index in [1.54, 1.807) is 48.1 Å². The Kier molecular flexibility index (Phi) is 5.69. The maximum Gasteiger partial charge on any atom is 0.246 e. The highest BCUT2D eigenvalue weighted by Crippen LogP contribution is 2.25. The van der Waals surface area contributed by atoms with Crippen LogP contribution in [0.3, 0.4) is 0 Å². The van der Waals surface area contributed by atoms with E-state index in [0.717, 1.165) is 5.56 Å². The number of rotatable bonds is 6. The molecule has 0 radical (unpaired) electrons. The molecule has 1 amide bonds. The minimum Gasteiger partial charge on any atom is -0.496 e. The van der Waals surface area contributed by atoms with Crippen molar-refractivity contribution in [1.82, 2.24) is 14.7 Å². The third kappa shape index (κ3) is 4.27. The second kappa shape index (κ2) is 7.53. The first kappa shape index (κ1) is 17.4. The Bertz CT molecular complexity index is 728. The van der Waals surface area contributed by atoms with Gasteiger partial charge in [0.15, 0.2) is 0 Å². The van der Waals surface area contributed by atoms with Crippen molar-refractivity contribution in [1.29, 1.82) is 0 Å². The lowest BCUT2D eigenvalue weighted by molar-refractivity contribution is -0.127. The quantitative estimate of drug-likeness (QED) is 0.747. The van der Waals surface area contributed by atoms with Crippen molar-refractivity contribution in [3.05, 3.63) is 58.4 Å². The van der Waals surface area contributed by atoms with E-state index < -0.39 is 0 Å². The average molecular weight is 354 g/mol. The number of halogens is 2. The monoisotopic (exact) mass is 353 g/mol. The predicted molar refractivity (Wildman–Crippen MR) is 90.7 cm³/mol. The molecule has 1 aromatic heterocycles. The summed E-state index contributed by atoms with van der Waals surface area (Å²) in [5, 5.41) is 5.35. The normalized spacial score (nSPS) is 10.4. The lowest BCUT2D eigenvalue weighted by Crippen LogP contribution is -2.29. The first-order valence-corrected chi connectivity index (χ1v) is 7.62. The Balaban J connectivity index is 2.29. The van der Waals surface area contributed by atoms with Crippen LogP contribution >= 0.6 is 23.2 Å². The fourth-order valence-electron chi connectivity index (χ4n) is 2.21. The smallest absolute Gasteiger partial charge is 0.246 e. The van der Waals surface area contributed by atoms with Gasteiger partial charge in [0.25, 0.3) is 0 Å². The van der Waals surface area contributed by atoms with Crippen molar-refractivity contribution in [3.8, 4) is 5.75 Å². The van der Waals surface area contributed by atoms with Crippen LogP contribution in [0.15, 0.2) is 37.1 Å². The number of carbonyl (C=O) groups excluding carboxylic acids is 1. The van der Waals surface area contributed by atoms with Crippen LogP contribution in [0, 0.1) is 0 Å². The summed E-state index contributed by atoms with van der Waals surface area (Å²) in [7, 11) is 3.34. The molecule has 1 heterocycles. The Hall–Kier alpha value is -1.98. The molecule has 2 rings (SSSR count). The number of carbonyl (C=O) groups is 1. The molecule has 0 aliphatic rings. The highest BCUT2D eigenvalue weighted by molar-refractivity contribution is 6.31. The van der Waals surface area contributed by atoms with Gasteiger partial charge in [-0.15, -0.1) is 0 Å². The molecule has 0 aliphatic carbocycles. The van der Waals surface area contributed by atoms with Gasteiger partial charge in [0.1, 0.15) is 11.4 Å². The summed E-state index contributed by atoms with van der Waals surface area (Å²) in [5.41, 5.74) is 1.41. The molecule has 0 N–H and O–H groups in total.